The van der Waals surface area contributed by atoms with E-state index in [4.69, 9.17) is 4.42 Å². The maximum absolute atomic E-state index is 11.9. The van der Waals surface area contributed by atoms with Crippen LogP contribution in [0.2, 0.25) is 0 Å². The van der Waals surface area contributed by atoms with Gasteiger partial charge in [0.1, 0.15) is 5.58 Å². The number of hydrogen-bond donors (Lipinski definition) is 1. The zero-order valence-corrected chi connectivity index (χ0v) is 10.5. The molecule has 0 atom stereocenters. The number of furan rings is 1. The Morgan fingerprint density at radius 2 is 2.00 bits per heavy atom. The van der Waals surface area contributed by atoms with Gasteiger partial charge in [0.25, 0.3) is 0 Å². The van der Waals surface area contributed by atoms with E-state index in [-0.39, 0.29) is 11.7 Å². The molecule has 0 aliphatic heterocycles. The summed E-state index contributed by atoms with van der Waals surface area (Å²) in [5.74, 6) is -0.149. The van der Waals surface area contributed by atoms with E-state index in [2.05, 4.69) is 15.5 Å². The number of nitrogens with zero attached hydrogens (tertiary/aromatic N) is 2. The Balaban J connectivity index is 1.71. The Morgan fingerprint density at radius 3 is 2.80 bits per heavy atom. The summed E-state index contributed by atoms with van der Waals surface area (Å²) in [6, 6.07) is 12.7. The number of benzene rings is 1. The van der Waals surface area contributed by atoms with Crippen LogP contribution < -0.4 is 5.43 Å². The van der Waals surface area contributed by atoms with Gasteiger partial charge in [0, 0.05) is 17.8 Å². The second-order valence-electron chi connectivity index (χ2n) is 4.13. The molecular weight excluding hydrogens is 254 g/mol. The second-order valence-corrected chi connectivity index (χ2v) is 4.13. The van der Waals surface area contributed by atoms with Gasteiger partial charge in [-0.1, -0.05) is 18.2 Å². The molecule has 0 bridgehead atoms. The Morgan fingerprint density at radius 1 is 1.20 bits per heavy atom. The first-order chi connectivity index (χ1) is 9.83. The highest BCUT2D eigenvalue weighted by molar-refractivity contribution is 5.96. The van der Waals surface area contributed by atoms with E-state index >= 15 is 0 Å². The van der Waals surface area contributed by atoms with Crippen molar-refractivity contribution < 1.29 is 9.21 Å². The Kier molecular flexibility index (Phi) is 3.24. The van der Waals surface area contributed by atoms with Crippen molar-refractivity contribution in [2.24, 2.45) is 5.10 Å². The van der Waals surface area contributed by atoms with Crippen LogP contribution in [0.25, 0.3) is 11.0 Å². The fourth-order valence-corrected chi connectivity index (χ4v) is 1.76. The number of hydrogen-bond acceptors (Lipinski definition) is 4. The third-order valence-electron chi connectivity index (χ3n) is 2.74. The molecule has 5 heteroatoms. The Labute approximate surface area is 114 Å². The van der Waals surface area contributed by atoms with Gasteiger partial charge in [0.2, 0.25) is 0 Å². The van der Waals surface area contributed by atoms with Crippen molar-refractivity contribution in [1.29, 1.82) is 0 Å². The molecule has 0 fully saturated rings. The summed E-state index contributed by atoms with van der Waals surface area (Å²) in [6.07, 6.45) is 4.85. The van der Waals surface area contributed by atoms with Gasteiger partial charge in [-0.2, -0.15) is 5.10 Å². The molecule has 2 aromatic heterocycles. The van der Waals surface area contributed by atoms with Crippen molar-refractivity contribution >= 4 is 23.1 Å². The van der Waals surface area contributed by atoms with E-state index in [0.29, 0.717) is 5.58 Å². The minimum atomic E-state index is -0.383. The topological polar surface area (TPSA) is 67.5 Å². The van der Waals surface area contributed by atoms with E-state index in [1.807, 2.05) is 24.3 Å². The number of hydrazone groups is 1. The van der Waals surface area contributed by atoms with Gasteiger partial charge in [0.15, 0.2) is 5.76 Å². The van der Waals surface area contributed by atoms with E-state index in [1.165, 1.54) is 0 Å². The molecule has 3 rings (SSSR count). The number of pyridine rings is 1. The predicted molar refractivity (Wildman–Crippen MR) is 75.5 cm³/mol. The van der Waals surface area contributed by atoms with Crippen molar-refractivity contribution in [1.82, 2.24) is 10.4 Å². The van der Waals surface area contributed by atoms with Crippen LogP contribution in [0.1, 0.15) is 16.1 Å². The smallest absolute Gasteiger partial charge is 0.307 e. The lowest BCUT2D eigenvalue weighted by molar-refractivity contribution is 0.0929. The maximum atomic E-state index is 11.9. The lowest BCUT2D eigenvalue weighted by atomic mass is 10.2. The molecular formula is C15H11N3O2. The summed E-state index contributed by atoms with van der Waals surface area (Å²) >= 11 is 0. The monoisotopic (exact) mass is 265 g/mol. The van der Waals surface area contributed by atoms with Crippen LogP contribution in [-0.2, 0) is 0 Å². The van der Waals surface area contributed by atoms with Crippen molar-refractivity contribution in [3.05, 3.63) is 66.2 Å². The van der Waals surface area contributed by atoms with Gasteiger partial charge >= 0.3 is 5.91 Å². The summed E-state index contributed by atoms with van der Waals surface area (Å²) in [7, 11) is 0. The van der Waals surface area contributed by atoms with Crippen LogP contribution in [-0.4, -0.2) is 17.1 Å². The van der Waals surface area contributed by atoms with Gasteiger partial charge < -0.3 is 4.42 Å². The maximum Gasteiger partial charge on any atom is 0.307 e. The molecule has 5 nitrogen and oxygen atoms in total. The average Bonchev–Trinajstić information content (AvgIpc) is 2.92. The molecule has 98 valence electrons. The normalized spacial score (nSPS) is 11.0. The molecule has 1 amide bonds. The molecule has 3 aromatic rings. The second kappa shape index (κ2) is 5.36. The van der Waals surface area contributed by atoms with Crippen LogP contribution in [0, 0.1) is 0 Å². The van der Waals surface area contributed by atoms with Gasteiger partial charge in [-0.05, 0) is 29.8 Å². The quantitative estimate of drug-likeness (QED) is 0.584. The number of fused-ring (bicyclic) bond motifs is 1. The molecule has 2 heterocycles. The van der Waals surface area contributed by atoms with E-state index in [0.717, 1.165) is 10.9 Å². The lowest BCUT2D eigenvalue weighted by Crippen LogP contribution is -2.16. The molecule has 1 aromatic carbocycles. The highest BCUT2D eigenvalue weighted by Crippen LogP contribution is 2.18. The highest BCUT2D eigenvalue weighted by Gasteiger charge is 2.10. The SMILES string of the molecule is O=C(N/N=C\c1ccncc1)c1cc2ccccc2o1. The van der Waals surface area contributed by atoms with Crippen molar-refractivity contribution in [2.45, 2.75) is 0 Å². The fourth-order valence-electron chi connectivity index (χ4n) is 1.76. The van der Waals surface area contributed by atoms with E-state index < -0.39 is 0 Å². The number of carbonyl (C=O) groups is 1. The predicted octanol–water partition coefficient (Wildman–Crippen LogP) is 2.59. The molecule has 1 N–H and O–H groups in total. The Hall–Kier alpha value is -2.95. The molecule has 0 aliphatic carbocycles. The van der Waals surface area contributed by atoms with Crippen LogP contribution in [0.15, 0.2) is 64.4 Å². The number of amides is 1. The average molecular weight is 265 g/mol. The van der Waals surface area contributed by atoms with Crippen molar-refractivity contribution in [3.8, 4) is 0 Å². The van der Waals surface area contributed by atoms with Crippen molar-refractivity contribution in [2.75, 3.05) is 0 Å². The molecule has 0 saturated carbocycles. The number of rotatable bonds is 3. The molecule has 0 saturated heterocycles. The first-order valence-electron chi connectivity index (χ1n) is 6.05. The fraction of sp³-hybridized carbons (Fsp3) is 0. The van der Waals surface area contributed by atoms with E-state index in [9.17, 15) is 4.79 Å². The summed E-state index contributed by atoms with van der Waals surface area (Å²) < 4.78 is 5.44. The third kappa shape index (κ3) is 2.56. The molecule has 0 aliphatic rings. The van der Waals surface area contributed by atoms with Crippen LogP contribution in [0.5, 0.6) is 0 Å². The summed E-state index contributed by atoms with van der Waals surface area (Å²) in [6.45, 7) is 0. The number of nitrogens with one attached hydrogen (secondary N) is 1. The first kappa shape index (κ1) is 12.1. The van der Waals surface area contributed by atoms with Gasteiger partial charge in [0.05, 0.1) is 6.21 Å². The zero-order valence-electron chi connectivity index (χ0n) is 10.5. The van der Waals surface area contributed by atoms with Crippen molar-refractivity contribution in [3.63, 3.8) is 0 Å². The number of para-hydroxylation sites is 1. The summed E-state index contributed by atoms with van der Waals surface area (Å²) in [5.41, 5.74) is 3.95. The molecule has 20 heavy (non-hydrogen) atoms. The lowest BCUT2D eigenvalue weighted by Gasteiger charge is -1.95. The number of carbonyl (C=O) groups excluding carboxylic acids is 1. The summed E-state index contributed by atoms with van der Waals surface area (Å²) in [5, 5.41) is 4.76. The van der Waals surface area contributed by atoms with Gasteiger partial charge in [-0.25, -0.2) is 5.43 Å². The standard InChI is InChI=1S/C15H11N3O2/c19-15(18-17-10-11-5-7-16-8-6-11)14-9-12-3-1-2-4-13(12)20-14/h1-10H,(H,18,19)/b17-10-. The largest absolute Gasteiger partial charge is 0.451 e. The molecule has 0 radical (unpaired) electrons. The van der Waals surface area contributed by atoms with Gasteiger partial charge in [-0.15, -0.1) is 0 Å². The van der Waals surface area contributed by atoms with Gasteiger partial charge in [-0.3, -0.25) is 9.78 Å². The van der Waals surface area contributed by atoms with Crippen LogP contribution in [0.3, 0.4) is 0 Å². The highest BCUT2D eigenvalue weighted by atomic mass is 16.3. The first-order valence-corrected chi connectivity index (χ1v) is 6.05. The minimum absolute atomic E-state index is 0.234. The number of aromatic nitrogens is 1. The summed E-state index contributed by atoms with van der Waals surface area (Å²) in [4.78, 5) is 15.8. The minimum Gasteiger partial charge on any atom is -0.451 e. The zero-order chi connectivity index (χ0) is 13.8. The Bertz CT molecular complexity index is 730. The van der Waals surface area contributed by atoms with Crippen LogP contribution in [0.4, 0.5) is 0 Å². The molecule has 0 unspecified atom stereocenters. The molecule has 0 spiro atoms. The van der Waals surface area contributed by atoms with E-state index in [1.54, 1.807) is 36.8 Å². The van der Waals surface area contributed by atoms with Crippen LogP contribution >= 0.6 is 0 Å². The third-order valence-corrected chi connectivity index (χ3v) is 2.74.